The Morgan fingerprint density at radius 3 is 2.64 bits per heavy atom. The van der Waals surface area contributed by atoms with Crippen LogP contribution in [0, 0.1) is 5.82 Å². The molecule has 120 valence electrons. The summed E-state index contributed by atoms with van der Waals surface area (Å²) >= 11 is 0. The molecule has 1 aromatic carbocycles. The molecule has 22 heavy (non-hydrogen) atoms. The van der Waals surface area contributed by atoms with Gasteiger partial charge in [-0.25, -0.2) is 4.39 Å². The lowest BCUT2D eigenvalue weighted by Crippen LogP contribution is -2.41. The van der Waals surface area contributed by atoms with Crippen molar-refractivity contribution in [1.82, 2.24) is 4.90 Å². The fourth-order valence-electron chi connectivity index (χ4n) is 2.43. The van der Waals surface area contributed by atoms with E-state index in [1.54, 1.807) is 31.1 Å². The lowest BCUT2D eigenvalue weighted by Gasteiger charge is -2.29. The quantitative estimate of drug-likeness (QED) is 0.758. The molecule has 1 aliphatic heterocycles. The Bertz CT molecular complexity index is 527. The van der Waals surface area contributed by atoms with Gasteiger partial charge in [-0.3, -0.25) is 4.79 Å². The monoisotopic (exact) mass is 307 g/mol. The third kappa shape index (κ3) is 4.39. The predicted octanol–water partition coefficient (Wildman–Crippen LogP) is 2.49. The molecular weight excluding hydrogens is 285 g/mol. The maximum atomic E-state index is 12.9. The van der Waals surface area contributed by atoms with E-state index in [-0.39, 0.29) is 11.7 Å². The zero-order valence-electron chi connectivity index (χ0n) is 13.0. The van der Waals surface area contributed by atoms with Gasteiger partial charge in [0.15, 0.2) is 0 Å². The van der Waals surface area contributed by atoms with Crippen molar-refractivity contribution in [3.8, 4) is 0 Å². The molecular formula is C17H22FNO3. The number of benzene rings is 1. The highest BCUT2D eigenvalue weighted by Gasteiger charge is 2.23. The fraction of sp³-hybridized carbons (Fsp3) is 0.471. The van der Waals surface area contributed by atoms with Crippen molar-refractivity contribution < 1.29 is 18.7 Å². The lowest BCUT2D eigenvalue weighted by molar-refractivity contribution is -0.142. The Morgan fingerprint density at radius 2 is 2.05 bits per heavy atom. The summed E-state index contributed by atoms with van der Waals surface area (Å²) in [5.74, 6) is -0.246. The Morgan fingerprint density at radius 1 is 1.32 bits per heavy atom. The second kappa shape index (κ2) is 8.06. The van der Waals surface area contributed by atoms with E-state index in [2.05, 4.69) is 0 Å². The Labute approximate surface area is 130 Å². The van der Waals surface area contributed by atoms with Crippen LogP contribution in [-0.4, -0.2) is 50.3 Å². The van der Waals surface area contributed by atoms with E-state index >= 15 is 0 Å². The number of rotatable bonds is 6. The summed E-state index contributed by atoms with van der Waals surface area (Å²) in [6, 6.07) is 6.46. The van der Waals surface area contributed by atoms with Crippen LogP contribution >= 0.6 is 0 Å². The van der Waals surface area contributed by atoms with Gasteiger partial charge in [-0.2, -0.15) is 0 Å². The van der Waals surface area contributed by atoms with Crippen molar-refractivity contribution >= 4 is 11.5 Å². The van der Waals surface area contributed by atoms with Gasteiger partial charge >= 0.3 is 0 Å². The molecule has 5 heteroatoms. The number of halogens is 1. The molecule has 0 fully saturated rings. The highest BCUT2D eigenvalue weighted by atomic mass is 19.1. The number of carbonyl (C=O) groups excluding carboxylic acids is 1. The van der Waals surface area contributed by atoms with E-state index in [0.29, 0.717) is 26.3 Å². The molecule has 1 aromatic rings. The van der Waals surface area contributed by atoms with Gasteiger partial charge in [0.1, 0.15) is 11.9 Å². The molecule has 0 saturated heterocycles. The van der Waals surface area contributed by atoms with Crippen LogP contribution in [0.25, 0.3) is 5.57 Å². The van der Waals surface area contributed by atoms with Crippen molar-refractivity contribution in [2.75, 3.05) is 33.4 Å². The van der Waals surface area contributed by atoms with Crippen LogP contribution in [0.2, 0.25) is 0 Å². The number of hydrogen-bond donors (Lipinski definition) is 0. The average Bonchev–Trinajstić information content (AvgIpc) is 2.55. The molecule has 1 aliphatic rings. The zero-order valence-corrected chi connectivity index (χ0v) is 13.0. The van der Waals surface area contributed by atoms with E-state index in [1.165, 1.54) is 12.1 Å². The average molecular weight is 307 g/mol. The van der Waals surface area contributed by atoms with Gasteiger partial charge in [0.05, 0.1) is 13.2 Å². The van der Waals surface area contributed by atoms with Crippen molar-refractivity contribution in [3.05, 3.63) is 41.7 Å². The van der Waals surface area contributed by atoms with Gasteiger partial charge in [-0.15, -0.1) is 0 Å². The van der Waals surface area contributed by atoms with Crippen LogP contribution in [0.15, 0.2) is 30.3 Å². The van der Waals surface area contributed by atoms with Gasteiger partial charge in [0.25, 0.3) is 5.91 Å². The summed E-state index contributed by atoms with van der Waals surface area (Å²) in [7, 11) is 1.60. The van der Waals surface area contributed by atoms with Gasteiger partial charge < -0.3 is 14.4 Å². The van der Waals surface area contributed by atoms with E-state index in [9.17, 15) is 9.18 Å². The standard InChI is InChI=1S/C17H22FNO3/c1-13(22-12-11-21-2)17(20)19-9-7-15(8-10-19)14-3-5-16(18)6-4-14/h3-7,13H,8-12H2,1-2H3. The summed E-state index contributed by atoms with van der Waals surface area (Å²) in [5.41, 5.74) is 2.16. The number of hydrogen-bond acceptors (Lipinski definition) is 3. The highest BCUT2D eigenvalue weighted by molar-refractivity contribution is 5.82. The molecule has 0 radical (unpaired) electrons. The first kappa shape index (κ1) is 16.6. The SMILES string of the molecule is COCCOC(C)C(=O)N1CC=C(c2ccc(F)cc2)CC1. The second-order valence-corrected chi connectivity index (χ2v) is 5.28. The highest BCUT2D eigenvalue weighted by Crippen LogP contribution is 2.23. The first-order valence-corrected chi connectivity index (χ1v) is 7.46. The summed E-state index contributed by atoms with van der Waals surface area (Å²) in [6.07, 6.45) is 2.33. The number of ether oxygens (including phenoxy) is 2. The first-order chi connectivity index (χ1) is 10.6. The van der Waals surface area contributed by atoms with Crippen LogP contribution < -0.4 is 0 Å². The van der Waals surface area contributed by atoms with E-state index in [1.807, 2.05) is 6.08 Å². The summed E-state index contributed by atoms with van der Waals surface area (Å²) in [4.78, 5) is 14.0. The van der Waals surface area contributed by atoms with Gasteiger partial charge in [0, 0.05) is 20.2 Å². The largest absolute Gasteiger partial charge is 0.382 e. The van der Waals surface area contributed by atoms with Crippen molar-refractivity contribution in [1.29, 1.82) is 0 Å². The molecule has 1 unspecified atom stereocenters. The molecule has 0 bridgehead atoms. The van der Waals surface area contributed by atoms with Crippen LogP contribution in [-0.2, 0) is 14.3 Å². The van der Waals surface area contributed by atoms with Gasteiger partial charge in [-0.05, 0) is 36.6 Å². The third-order valence-electron chi connectivity index (χ3n) is 3.74. The minimum Gasteiger partial charge on any atom is -0.382 e. The number of methoxy groups -OCH3 is 1. The molecule has 0 N–H and O–H groups in total. The maximum Gasteiger partial charge on any atom is 0.251 e. The minimum atomic E-state index is -0.462. The van der Waals surface area contributed by atoms with Gasteiger partial charge in [0.2, 0.25) is 0 Å². The third-order valence-corrected chi connectivity index (χ3v) is 3.74. The predicted molar refractivity (Wildman–Crippen MR) is 82.9 cm³/mol. The van der Waals surface area contributed by atoms with E-state index < -0.39 is 6.10 Å². The maximum absolute atomic E-state index is 12.9. The molecule has 0 aliphatic carbocycles. The Kier molecular flexibility index (Phi) is 6.10. The molecule has 1 heterocycles. The number of carbonyl (C=O) groups is 1. The molecule has 0 saturated carbocycles. The molecule has 1 amide bonds. The Balaban J connectivity index is 1.90. The van der Waals surface area contributed by atoms with E-state index in [0.717, 1.165) is 17.6 Å². The lowest BCUT2D eigenvalue weighted by atomic mass is 9.99. The van der Waals surface area contributed by atoms with E-state index in [4.69, 9.17) is 9.47 Å². The Hall–Kier alpha value is -1.72. The smallest absolute Gasteiger partial charge is 0.251 e. The topological polar surface area (TPSA) is 38.8 Å². The van der Waals surface area contributed by atoms with Crippen LogP contribution in [0.5, 0.6) is 0 Å². The zero-order chi connectivity index (χ0) is 15.9. The molecule has 0 spiro atoms. The summed E-state index contributed by atoms with van der Waals surface area (Å²) < 4.78 is 23.3. The van der Waals surface area contributed by atoms with Crippen LogP contribution in [0.3, 0.4) is 0 Å². The second-order valence-electron chi connectivity index (χ2n) is 5.28. The van der Waals surface area contributed by atoms with Crippen LogP contribution in [0.4, 0.5) is 4.39 Å². The molecule has 2 rings (SSSR count). The van der Waals surface area contributed by atoms with Crippen molar-refractivity contribution in [2.45, 2.75) is 19.4 Å². The molecule has 4 nitrogen and oxygen atoms in total. The first-order valence-electron chi connectivity index (χ1n) is 7.46. The fourth-order valence-corrected chi connectivity index (χ4v) is 2.43. The summed E-state index contributed by atoms with van der Waals surface area (Å²) in [6.45, 7) is 3.86. The molecule has 1 atom stereocenters. The molecule has 0 aromatic heterocycles. The van der Waals surface area contributed by atoms with Crippen molar-refractivity contribution in [2.24, 2.45) is 0 Å². The van der Waals surface area contributed by atoms with Crippen LogP contribution in [0.1, 0.15) is 18.9 Å². The minimum absolute atomic E-state index is 0.00879. The van der Waals surface area contributed by atoms with Gasteiger partial charge in [-0.1, -0.05) is 18.2 Å². The normalized spacial score (nSPS) is 16.3. The number of amides is 1. The van der Waals surface area contributed by atoms with Crippen molar-refractivity contribution in [3.63, 3.8) is 0 Å². The summed E-state index contributed by atoms with van der Waals surface area (Å²) in [5, 5.41) is 0. The number of nitrogens with zero attached hydrogens (tertiary/aromatic N) is 1.